The SMILES string of the molecule is COC(=O)c1nnn2c1C(=O)N[C@@H](CSCc1ccccc1)C2. The minimum Gasteiger partial charge on any atom is -0.464 e. The molecule has 1 aliphatic rings. The van der Waals surface area contributed by atoms with Crippen LogP contribution >= 0.6 is 11.8 Å². The van der Waals surface area contributed by atoms with Crippen molar-refractivity contribution in [2.75, 3.05) is 12.9 Å². The lowest BCUT2D eigenvalue weighted by Gasteiger charge is -2.23. The fourth-order valence-electron chi connectivity index (χ4n) is 2.40. The number of nitrogens with one attached hydrogen (secondary N) is 1. The minimum absolute atomic E-state index is 0.0413. The summed E-state index contributed by atoms with van der Waals surface area (Å²) in [6, 6.07) is 10.1. The number of carbonyl (C=O) groups is 2. The molecule has 2 heterocycles. The van der Waals surface area contributed by atoms with Gasteiger partial charge < -0.3 is 10.1 Å². The van der Waals surface area contributed by atoms with Gasteiger partial charge in [0.25, 0.3) is 5.91 Å². The number of ether oxygens (including phenoxy) is 1. The summed E-state index contributed by atoms with van der Waals surface area (Å²) in [6.07, 6.45) is 0. The van der Waals surface area contributed by atoms with Crippen molar-refractivity contribution < 1.29 is 14.3 Å². The van der Waals surface area contributed by atoms with E-state index in [1.807, 2.05) is 18.2 Å². The van der Waals surface area contributed by atoms with Crippen molar-refractivity contribution >= 4 is 23.6 Å². The Kier molecular flexibility index (Phi) is 4.61. The average Bonchev–Trinajstić information content (AvgIpc) is 3.00. The number of thioether (sulfide) groups is 1. The third kappa shape index (κ3) is 3.37. The van der Waals surface area contributed by atoms with Gasteiger partial charge in [-0.3, -0.25) is 4.79 Å². The van der Waals surface area contributed by atoms with Crippen molar-refractivity contribution in [3.8, 4) is 0 Å². The van der Waals surface area contributed by atoms with Crippen LogP contribution in [0.2, 0.25) is 0 Å². The molecule has 2 aromatic rings. The molecule has 1 aliphatic heterocycles. The first kappa shape index (κ1) is 15.5. The van der Waals surface area contributed by atoms with Crippen LogP contribution in [0.1, 0.15) is 26.5 Å². The van der Waals surface area contributed by atoms with Gasteiger partial charge in [-0.05, 0) is 5.56 Å². The number of aromatic nitrogens is 3. The normalized spacial score (nSPS) is 16.6. The van der Waals surface area contributed by atoms with Crippen molar-refractivity contribution in [3.05, 3.63) is 47.3 Å². The summed E-state index contributed by atoms with van der Waals surface area (Å²) in [5.41, 5.74) is 1.37. The highest BCUT2D eigenvalue weighted by Gasteiger charge is 2.32. The van der Waals surface area contributed by atoms with E-state index >= 15 is 0 Å². The summed E-state index contributed by atoms with van der Waals surface area (Å²) in [7, 11) is 1.25. The van der Waals surface area contributed by atoms with Gasteiger partial charge in [-0.1, -0.05) is 35.5 Å². The van der Waals surface area contributed by atoms with Crippen LogP contribution in [0.15, 0.2) is 30.3 Å². The maximum atomic E-state index is 12.2. The van der Waals surface area contributed by atoms with Gasteiger partial charge in [-0.2, -0.15) is 11.8 Å². The van der Waals surface area contributed by atoms with Crippen molar-refractivity contribution in [1.82, 2.24) is 20.3 Å². The van der Waals surface area contributed by atoms with Crippen LogP contribution < -0.4 is 5.32 Å². The molecule has 120 valence electrons. The van der Waals surface area contributed by atoms with Crippen LogP contribution in [0.4, 0.5) is 0 Å². The maximum absolute atomic E-state index is 12.2. The van der Waals surface area contributed by atoms with Crippen LogP contribution in [-0.4, -0.2) is 45.8 Å². The number of hydrogen-bond donors (Lipinski definition) is 1. The van der Waals surface area contributed by atoms with Gasteiger partial charge in [0.1, 0.15) is 0 Å². The second-order valence-electron chi connectivity index (χ2n) is 5.13. The lowest BCUT2D eigenvalue weighted by atomic mass is 10.2. The lowest BCUT2D eigenvalue weighted by molar-refractivity contribution is 0.0588. The summed E-state index contributed by atoms with van der Waals surface area (Å²) in [5, 5.41) is 10.5. The molecule has 8 heteroatoms. The molecule has 0 aliphatic carbocycles. The molecule has 0 spiro atoms. The molecule has 3 rings (SSSR count). The minimum atomic E-state index is -0.654. The number of amides is 1. The average molecular weight is 332 g/mol. The molecule has 23 heavy (non-hydrogen) atoms. The van der Waals surface area contributed by atoms with Crippen LogP contribution in [0.5, 0.6) is 0 Å². The van der Waals surface area contributed by atoms with E-state index in [-0.39, 0.29) is 23.3 Å². The van der Waals surface area contributed by atoms with E-state index in [0.29, 0.717) is 6.54 Å². The highest BCUT2D eigenvalue weighted by atomic mass is 32.2. The molecule has 1 aromatic heterocycles. The third-order valence-electron chi connectivity index (χ3n) is 3.49. The zero-order valence-corrected chi connectivity index (χ0v) is 13.4. The molecule has 1 amide bonds. The van der Waals surface area contributed by atoms with Crippen LogP contribution in [0, 0.1) is 0 Å². The van der Waals surface area contributed by atoms with E-state index in [4.69, 9.17) is 0 Å². The quantitative estimate of drug-likeness (QED) is 0.826. The van der Waals surface area contributed by atoms with Gasteiger partial charge in [0.2, 0.25) is 5.69 Å². The highest BCUT2D eigenvalue weighted by molar-refractivity contribution is 7.98. The van der Waals surface area contributed by atoms with E-state index in [9.17, 15) is 9.59 Å². The monoisotopic (exact) mass is 332 g/mol. The number of benzene rings is 1. The first-order valence-corrected chi connectivity index (χ1v) is 8.29. The zero-order chi connectivity index (χ0) is 16.2. The summed E-state index contributed by atoms with van der Waals surface area (Å²) in [5.74, 6) is 0.642. The van der Waals surface area contributed by atoms with E-state index in [2.05, 4.69) is 32.5 Å². The third-order valence-corrected chi connectivity index (χ3v) is 4.66. The Morgan fingerprint density at radius 3 is 2.96 bits per heavy atom. The molecule has 0 fully saturated rings. The zero-order valence-electron chi connectivity index (χ0n) is 12.6. The summed E-state index contributed by atoms with van der Waals surface area (Å²) in [6.45, 7) is 0.493. The standard InChI is InChI=1S/C15H16N4O3S/c1-22-15(21)12-13-14(20)16-11(7-19(13)18-17-12)9-23-8-10-5-3-2-4-6-10/h2-6,11H,7-9H2,1H3,(H,16,20)/t11-/m1/s1. The van der Waals surface area contributed by atoms with Crippen molar-refractivity contribution in [1.29, 1.82) is 0 Å². The van der Waals surface area contributed by atoms with Gasteiger partial charge in [-0.25, -0.2) is 9.48 Å². The predicted molar refractivity (Wildman–Crippen MR) is 85.2 cm³/mol. The number of fused-ring (bicyclic) bond motifs is 1. The predicted octanol–water partition coefficient (Wildman–Crippen LogP) is 1.11. The largest absolute Gasteiger partial charge is 0.464 e. The first-order valence-electron chi connectivity index (χ1n) is 7.13. The van der Waals surface area contributed by atoms with E-state index in [0.717, 1.165) is 11.5 Å². The summed E-state index contributed by atoms with van der Waals surface area (Å²) in [4.78, 5) is 23.8. The van der Waals surface area contributed by atoms with Crippen LogP contribution in [-0.2, 0) is 17.0 Å². The Morgan fingerprint density at radius 1 is 1.43 bits per heavy atom. The summed E-state index contributed by atoms with van der Waals surface area (Å²) < 4.78 is 6.08. The van der Waals surface area contributed by atoms with E-state index < -0.39 is 5.97 Å². The number of rotatable bonds is 5. The molecule has 1 atom stereocenters. The number of nitrogens with zero attached hydrogens (tertiary/aromatic N) is 3. The molecule has 0 unspecified atom stereocenters. The van der Waals surface area contributed by atoms with Crippen LogP contribution in [0.25, 0.3) is 0 Å². The lowest BCUT2D eigenvalue weighted by Crippen LogP contribution is -2.46. The Bertz CT molecular complexity index is 717. The molecule has 1 aromatic carbocycles. The highest BCUT2D eigenvalue weighted by Crippen LogP contribution is 2.17. The topological polar surface area (TPSA) is 86.1 Å². The Balaban J connectivity index is 1.62. The van der Waals surface area contributed by atoms with Crippen molar-refractivity contribution in [2.45, 2.75) is 18.3 Å². The number of esters is 1. The van der Waals surface area contributed by atoms with Crippen LogP contribution in [0.3, 0.4) is 0 Å². The Labute approximate surface area is 137 Å². The summed E-state index contributed by atoms with van der Waals surface area (Å²) >= 11 is 1.74. The van der Waals surface area contributed by atoms with Crippen molar-refractivity contribution in [3.63, 3.8) is 0 Å². The molecular weight excluding hydrogens is 316 g/mol. The number of hydrogen-bond acceptors (Lipinski definition) is 6. The Hall–Kier alpha value is -2.35. The fraction of sp³-hybridized carbons (Fsp3) is 0.333. The molecule has 0 saturated heterocycles. The number of methoxy groups -OCH3 is 1. The van der Waals surface area contributed by atoms with Gasteiger partial charge in [0.05, 0.1) is 19.7 Å². The maximum Gasteiger partial charge on any atom is 0.361 e. The smallest absolute Gasteiger partial charge is 0.361 e. The molecule has 0 saturated carbocycles. The molecule has 1 N–H and O–H groups in total. The van der Waals surface area contributed by atoms with Crippen molar-refractivity contribution in [2.24, 2.45) is 0 Å². The fourth-order valence-corrected chi connectivity index (χ4v) is 3.41. The first-order chi connectivity index (χ1) is 11.2. The number of carbonyl (C=O) groups excluding carboxylic acids is 2. The second kappa shape index (κ2) is 6.82. The molecule has 7 nitrogen and oxygen atoms in total. The molecule has 0 radical (unpaired) electrons. The van der Waals surface area contributed by atoms with Gasteiger partial charge in [-0.15, -0.1) is 5.10 Å². The van der Waals surface area contributed by atoms with Gasteiger partial charge in [0.15, 0.2) is 5.69 Å². The Morgan fingerprint density at radius 2 is 2.22 bits per heavy atom. The molecular formula is C15H16N4O3S. The molecule has 0 bridgehead atoms. The van der Waals surface area contributed by atoms with E-state index in [1.165, 1.54) is 17.4 Å². The van der Waals surface area contributed by atoms with Gasteiger partial charge >= 0.3 is 5.97 Å². The van der Waals surface area contributed by atoms with Gasteiger partial charge in [0, 0.05) is 11.5 Å². The van der Waals surface area contributed by atoms with E-state index in [1.54, 1.807) is 11.8 Å². The second-order valence-corrected chi connectivity index (χ2v) is 6.16.